The highest BCUT2D eigenvalue weighted by Gasteiger charge is 2.47. The number of esters is 2. The van der Waals surface area contributed by atoms with E-state index in [2.05, 4.69) is 37.4 Å². The van der Waals surface area contributed by atoms with E-state index in [0.29, 0.717) is 11.1 Å². The van der Waals surface area contributed by atoms with Gasteiger partial charge in [0, 0.05) is 22.3 Å². The number of rotatable bonds is 10. The molecule has 5 rings (SSSR count). The molecule has 0 fully saturated rings. The summed E-state index contributed by atoms with van der Waals surface area (Å²) < 4.78 is 23.7. The quantitative estimate of drug-likeness (QED) is 0.103. The molecule has 0 amide bonds. The molecule has 39 heavy (non-hydrogen) atoms. The zero-order valence-electron chi connectivity index (χ0n) is 22.1. The topological polar surface area (TPSA) is 71.1 Å². The molecule has 0 saturated carbocycles. The molecule has 4 aromatic carbocycles. The minimum absolute atomic E-state index is 0.0211. The number of fused-ring (bicyclic) bond motifs is 7. The number of carbonyl (C=O) groups excluding carboxylic acids is 2. The summed E-state index contributed by atoms with van der Waals surface area (Å²) in [7, 11) is 0. The van der Waals surface area contributed by atoms with Crippen LogP contribution in [0.4, 0.5) is 0 Å². The van der Waals surface area contributed by atoms with Gasteiger partial charge in [-0.3, -0.25) is 0 Å². The van der Waals surface area contributed by atoms with Crippen LogP contribution in [0.3, 0.4) is 0 Å². The summed E-state index contributed by atoms with van der Waals surface area (Å²) >= 11 is 0. The van der Waals surface area contributed by atoms with Gasteiger partial charge in [-0.25, -0.2) is 9.59 Å². The van der Waals surface area contributed by atoms with E-state index in [1.165, 1.54) is 0 Å². The second-order valence-electron chi connectivity index (χ2n) is 9.56. The van der Waals surface area contributed by atoms with Crippen molar-refractivity contribution in [1.82, 2.24) is 0 Å². The number of hydrogen-bond acceptors (Lipinski definition) is 6. The average molecular weight is 523 g/mol. The van der Waals surface area contributed by atoms with Gasteiger partial charge in [0.1, 0.15) is 13.2 Å². The van der Waals surface area contributed by atoms with Gasteiger partial charge >= 0.3 is 11.9 Å². The monoisotopic (exact) mass is 522 g/mol. The van der Waals surface area contributed by atoms with E-state index in [9.17, 15) is 9.59 Å². The summed E-state index contributed by atoms with van der Waals surface area (Å²) in [6.45, 7) is 10.6. The van der Waals surface area contributed by atoms with Crippen molar-refractivity contribution >= 4 is 33.5 Å². The molecule has 198 valence electrons. The van der Waals surface area contributed by atoms with Gasteiger partial charge in [0.25, 0.3) is 0 Å². The van der Waals surface area contributed by atoms with E-state index in [1.54, 1.807) is 13.8 Å². The maximum absolute atomic E-state index is 12.0. The number of hydrogen-bond donors (Lipinski definition) is 0. The number of benzene rings is 4. The molecule has 1 aliphatic carbocycles. The van der Waals surface area contributed by atoms with Crippen molar-refractivity contribution in [2.24, 2.45) is 0 Å². The van der Waals surface area contributed by atoms with Crippen molar-refractivity contribution in [2.45, 2.75) is 19.6 Å². The van der Waals surface area contributed by atoms with Crippen molar-refractivity contribution < 1.29 is 28.5 Å². The van der Waals surface area contributed by atoms with Crippen LogP contribution in [0.2, 0.25) is 0 Å². The molecule has 6 nitrogen and oxygen atoms in total. The molecule has 0 aromatic heterocycles. The molecule has 0 aliphatic heterocycles. The van der Waals surface area contributed by atoms with Gasteiger partial charge in [0.15, 0.2) is 0 Å². The lowest BCUT2D eigenvalue weighted by Gasteiger charge is -2.32. The highest BCUT2D eigenvalue weighted by molar-refractivity contribution is 6.10. The Morgan fingerprint density at radius 2 is 1.03 bits per heavy atom. The Morgan fingerprint density at radius 3 is 1.44 bits per heavy atom. The fourth-order valence-electron chi connectivity index (χ4n) is 5.01. The molecule has 0 radical (unpaired) electrons. The Balaban J connectivity index is 1.62. The highest BCUT2D eigenvalue weighted by Crippen LogP contribution is 2.55. The predicted molar refractivity (Wildman–Crippen MR) is 151 cm³/mol. The first kappa shape index (κ1) is 26.4. The smallest absolute Gasteiger partial charge is 0.333 e. The van der Waals surface area contributed by atoms with Gasteiger partial charge in [-0.05, 0) is 46.5 Å². The molecule has 0 N–H and O–H groups in total. The summed E-state index contributed by atoms with van der Waals surface area (Å²) in [6, 6.07) is 24.5. The van der Waals surface area contributed by atoms with Crippen LogP contribution < -0.4 is 0 Å². The van der Waals surface area contributed by atoms with E-state index in [1.807, 2.05) is 48.5 Å². The summed E-state index contributed by atoms with van der Waals surface area (Å²) in [5, 5.41) is 4.33. The lowest BCUT2D eigenvalue weighted by molar-refractivity contribution is -0.225. The van der Waals surface area contributed by atoms with Crippen LogP contribution in [0.5, 0.6) is 0 Å². The summed E-state index contributed by atoms with van der Waals surface area (Å²) in [5.41, 5.74) is 4.36. The Hall–Kier alpha value is -4.26. The van der Waals surface area contributed by atoms with Gasteiger partial charge in [-0.15, -0.1) is 0 Å². The maximum Gasteiger partial charge on any atom is 0.333 e. The first-order chi connectivity index (χ1) is 18.8. The van der Waals surface area contributed by atoms with Crippen molar-refractivity contribution in [3.8, 4) is 11.1 Å². The van der Waals surface area contributed by atoms with Gasteiger partial charge in [-0.2, -0.15) is 0 Å². The minimum Gasteiger partial charge on any atom is -0.460 e. The van der Waals surface area contributed by atoms with Crippen molar-refractivity contribution in [3.63, 3.8) is 0 Å². The lowest BCUT2D eigenvalue weighted by Crippen LogP contribution is -2.35. The Bertz CT molecular complexity index is 1490. The highest BCUT2D eigenvalue weighted by atomic mass is 16.7. The molecule has 0 unspecified atom stereocenters. The van der Waals surface area contributed by atoms with Gasteiger partial charge in [0.05, 0.1) is 13.2 Å². The van der Waals surface area contributed by atoms with Gasteiger partial charge in [0.2, 0.25) is 5.79 Å². The van der Waals surface area contributed by atoms with E-state index in [-0.39, 0.29) is 26.4 Å². The van der Waals surface area contributed by atoms with E-state index >= 15 is 0 Å². The lowest BCUT2D eigenvalue weighted by atomic mass is 9.94. The Labute approximate surface area is 227 Å². The third kappa shape index (κ3) is 4.85. The van der Waals surface area contributed by atoms with Crippen molar-refractivity contribution in [2.75, 3.05) is 26.4 Å². The zero-order valence-corrected chi connectivity index (χ0v) is 22.1. The summed E-state index contributed by atoms with van der Waals surface area (Å²) in [4.78, 5) is 23.9. The van der Waals surface area contributed by atoms with Gasteiger partial charge < -0.3 is 18.9 Å². The SMILES string of the molecule is C=C(C)C(=O)OCCOC1(OCCOC(=O)C(=C)C)c2ccc3ccccc3c2-c2c1ccc1ccccc21. The second kappa shape index (κ2) is 10.8. The molecule has 0 bridgehead atoms. The number of ether oxygens (including phenoxy) is 4. The van der Waals surface area contributed by atoms with Crippen LogP contribution in [0.25, 0.3) is 32.7 Å². The molecule has 0 heterocycles. The average Bonchev–Trinajstić information content (AvgIpc) is 3.23. The summed E-state index contributed by atoms with van der Waals surface area (Å²) in [5.74, 6) is -2.28. The minimum atomic E-state index is -1.32. The van der Waals surface area contributed by atoms with E-state index in [4.69, 9.17) is 18.9 Å². The fraction of sp³-hybridized carbons (Fsp3) is 0.212. The Kier molecular flexibility index (Phi) is 7.33. The molecular weight excluding hydrogens is 492 g/mol. The molecule has 0 atom stereocenters. The van der Waals surface area contributed by atoms with Crippen LogP contribution in [0.15, 0.2) is 97.1 Å². The Morgan fingerprint density at radius 1 is 0.615 bits per heavy atom. The zero-order chi connectivity index (χ0) is 27.6. The summed E-state index contributed by atoms with van der Waals surface area (Å²) in [6.07, 6.45) is 0. The van der Waals surface area contributed by atoms with Crippen LogP contribution in [-0.2, 0) is 34.3 Å². The van der Waals surface area contributed by atoms with Crippen LogP contribution >= 0.6 is 0 Å². The van der Waals surface area contributed by atoms with E-state index < -0.39 is 17.7 Å². The molecule has 0 saturated heterocycles. The predicted octanol–water partition coefficient (Wildman–Crippen LogP) is 6.45. The first-order valence-electron chi connectivity index (χ1n) is 12.8. The third-order valence-electron chi connectivity index (χ3n) is 6.76. The third-order valence-corrected chi connectivity index (χ3v) is 6.76. The standard InChI is InChI=1S/C33H30O6/c1-21(2)31(34)36-17-19-38-33(39-20-18-37-32(35)22(3)4)27-15-13-23-9-5-7-11-25(23)29(27)30-26-12-8-6-10-24(26)14-16-28(30)33/h5-16H,1,3,17-20H2,2,4H3. The van der Waals surface area contributed by atoms with Crippen LogP contribution in [0, 0.1) is 0 Å². The van der Waals surface area contributed by atoms with Crippen molar-refractivity contribution in [3.05, 3.63) is 108 Å². The number of carbonyl (C=O) groups is 2. The van der Waals surface area contributed by atoms with Crippen LogP contribution in [-0.4, -0.2) is 38.4 Å². The van der Waals surface area contributed by atoms with Crippen molar-refractivity contribution in [1.29, 1.82) is 0 Å². The molecular formula is C33H30O6. The van der Waals surface area contributed by atoms with E-state index in [0.717, 1.165) is 43.8 Å². The van der Waals surface area contributed by atoms with Crippen LogP contribution in [0.1, 0.15) is 25.0 Å². The molecule has 4 aromatic rings. The largest absolute Gasteiger partial charge is 0.460 e. The molecule has 0 spiro atoms. The fourth-order valence-corrected chi connectivity index (χ4v) is 5.01. The first-order valence-corrected chi connectivity index (χ1v) is 12.8. The molecule has 6 heteroatoms. The second-order valence-corrected chi connectivity index (χ2v) is 9.56. The van der Waals surface area contributed by atoms with Gasteiger partial charge in [-0.1, -0.05) is 86.0 Å². The normalized spacial score (nSPS) is 13.1. The molecule has 1 aliphatic rings. The maximum atomic E-state index is 12.0.